The molecule has 0 amide bonds. The third-order valence-electron chi connectivity index (χ3n) is 3.69. The first-order chi connectivity index (χ1) is 9.36. The summed E-state index contributed by atoms with van der Waals surface area (Å²) in [5.74, 6) is 0. The number of nitriles is 1. The first kappa shape index (κ1) is 11.8. The number of hydrogen-bond acceptors (Lipinski definition) is 2. The second kappa shape index (κ2) is 5.16. The summed E-state index contributed by atoms with van der Waals surface area (Å²) in [4.78, 5) is 0. The normalized spacial score (nSPS) is 13.4. The maximum absolute atomic E-state index is 8.81. The van der Waals surface area contributed by atoms with Crippen LogP contribution in [0.3, 0.4) is 0 Å². The van der Waals surface area contributed by atoms with Gasteiger partial charge in [0.25, 0.3) is 0 Å². The topological polar surface area (TPSA) is 35.8 Å². The predicted octanol–water partition coefficient (Wildman–Crippen LogP) is 4.18. The molecule has 1 aliphatic carbocycles. The van der Waals surface area contributed by atoms with E-state index in [1.165, 1.54) is 36.1 Å². The molecule has 1 N–H and O–H groups in total. The highest BCUT2D eigenvalue weighted by molar-refractivity contribution is 5.65. The molecular formula is C17H16N2. The van der Waals surface area contributed by atoms with Crippen molar-refractivity contribution in [1.29, 1.82) is 5.26 Å². The maximum Gasteiger partial charge on any atom is 0.0991 e. The number of aryl methyl sites for hydroxylation is 1. The van der Waals surface area contributed by atoms with Crippen molar-refractivity contribution in [1.82, 2.24) is 0 Å². The van der Waals surface area contributed by atoms with Crippen molar-refractivity contribution in [2.45, 2.75) is 25.7 Å². The zero-order valence-corrected chi connectivity index (χ0v) is 10.8. The van der Waals surface area contributed by atoms with Crippen LogP contribution in [0.2, 0.25) is 0 Å². The van der Waals surface area contributed by atoms with Gasteiger partial charge in [0.15, 0.2) is 0 Å². The summed E-state index contributed by atoms with van der Waals surface area (Å²) >= 11 is 0. The molecule has 0 unspecified atom stereocenters. The summed E-state index contributed by atoms with van der Waals surface area (Å²) in [6.45, 7) is 0. The molecule has 0 aliphatic heterocycles. The van der Waals surface area contributed by atoms with E-state index in [4.69, 9.17) is 5.26 Å². The zero-order valence-electron chi connectivity index (χ0n) is 10.8. The standard InChI is InChI=1S/C17H16N2/c18-12-13-8-10-15(11-9-13)19-17-7-3-5-14-4-1-2-6-16(14)17/h3,5,7-11,19H,1-2,4,6H2. The molecule has 0 saturated carbocycles. The molecule has 2 nitrogen and oxygen atoms in total. The van der Waals surface area contributed by atoms with Crippen LogP contribution in [0.5, 0.6) is 0 Å². The van der Waals surface area contributed by atoms with E-state index in [0.29, 0.717) is 5.56 Å². The number of rotatable bonds is 2. The van der Waals surface area contributed by atoms with Gasteiger partial charge in [0.2, 0.25) is 0 Å². The second-order valence-corrected chi connectivity index (χ2v) is 4.96. The van der Waals surface area contributed by atoms with E-state index in [1.54, 1.807) is 0 Å². The molecule has 19 heavy (non-hydrogen) atoms. The number of nitrogens with one attached hydrogen (secondary N) is 1. The zero-order chi connectivity index (χ0) is 13.1. The van der Waals surface area contributed by atoms with Crippen LogP contribution in [-0.2, 0) is 12.8 Å². The molecule has 2 heteroatoms. The van der Waals surface area contributed by atoms with Gasteiger partial charge in [0.05, 0.1) is 11.6 Å². The molecule has 1 aliphatic rings. The molecule has 3 rings (SSSR count). The van der Waals surface area contributed by atoms with Gasteiger partial charge in [-0.05, 0) is 67.1 Å². The Labute approximate surface area is 113 Å². The lowest BCUT2D eigenvalue weighted by atomic mass is 9.90. The van der Waals surface area contributed by atoms with Gasteiger partial charge in [0, 0.05) is 11.4 Å². The Hall–Kier alpha value is -2.27. The SMILES string of the molecule is N#Cc1ccc(Nc2cccc3c2CCCC3)cc1. The highest BCUT2D eigenvalue weighted by Crippen LogP contribution is 2.29. The Kier molecular flexibility index (Phi) is 3.20. The van der Waals surface area contributed by atoms with E-state index in [1.807, 2.05) is 24.3 Å². The van der Waals surface area contributed by atoms with Gasteiger partial charge in [0.1, 0.15) is 0 Å². The average molecular weight is 248 g/mol. The van der Waals surface area contributed by atoms with Crippen LogP contribution in [0.4, 0.5) is 11.4 Å². The molecule has 0 heterocycles. The van der Waals surface area contributed by atoms with Crippen LogP contribution in [-0.4, -0.2) is 0 Å². The fourth-order valence-corrected chi connectivity index (χ4v) is 2.68. The van der Waals surface area contributed by atoms with Crippen LogP contribution in [0.1, 0.15) is 29.5 Å². The second-order valence-electron chi connectivity index (χ2n) is 4.96. The Morgan fingerprint density at radius 2 is 1.74 bits per heavy atom. The quantitative estimate of drug-likeness (QED) is 0.865. The number of nitrogens with zero attached hydrogens (tertiary/aromatic N) is 1. The lowest BCUT2D eigenvalue weighted by molar-refractivity contribution is 0.687. The monoisotopic (exact) mass is 248 g/mol. The maximum atomic E-state index is 8.81. The molecule has 0 spiro atoms. The van der Waals surface area contributed by atoms with Crippen molar-refractivity contribution in [3.8, 4) is 6.07 Å². The van der Waals surface area contributed by atoms with E-state index in [9.17, 15) is 0 Å². The van der Waals surface area contributed by atoms with E-state index >= 15 is 0 Å². The molecule has 0 aromatic heterocycles. The van der Waals surface area contributed by atoms with E-state index in [2.05, 4.69) is 29.6 Å². The minimum Gasteiger partial charge on any atom is -0.355 e. The molecule has 2 aromatic rings. The number of benzene rings is 2. The van der Waals surface area contributed by atoms with Crippen LogP contribution < -0.4 is 5.32 Å². The molecular weight excluding hydrogens is 232 g/mol. The van der Waals surface area contributed by atoms with Crippen molar-refractivity contribution < 1.29 is 0 Å². The van der Waals surface area contributed by atoms with Crippen LogP contribution in [0.15, 0.2) is 42.5 Å². The van der Waals surface area contributed by atoms with E-state index in [-0.39, 0.29) is 0 Å². The molecule has 0 atom stereocenters. The minimum absolute atomic E-state index is 0.695. The van der Waals surface area contributed by atoms with Gasteiger partial charge >= 0.3 is 0 Å². The van der Waals surface area contributed by atoms with Crippen molar-refractivity contribution in [2.75, 3.05) is 5.32 Å². The van der Waals surface area contributed by atoms with Crippen molar-refractivity contribution in [2.24, 2.45) is 0 Å². The van der Waals surface area contributed by atoms with Gasteiger partial charge in [-0.15, -0.1) is 0 Å². The van der Waals surface area contributed by atoms with Gasteiger partial charge in [-0.25, -0.2) is 0 Å². The minimum atomic E-state index is 0.695. The van der Waals surface area contributed by atoms with Crippen molar-refractivity contribution in [3.63, 3.8) is 0 Å². The number of fused-ring (bicyclic) bond motifs is 1. The van der Waals surface area contributed by atoms with Crippen LogP contribution in [0.25, 0.3) is 0 Å². The fourth-order valence-electron chi connectivity index (χ4n) is 2.68. The Bertz CT molecular complexity index is 621. The Morgan fingerprint density at radius 1 is 0.947 bits per heavy atom. The molecule has 2 aromatic carbocycles. The van der Waals surface area contributed by atoms with Crippen LogP contribution >= 0.6 is 0 Å². The third kappa shape index (κ3) is 2.46. The highest BCUT2D eigenvalue weighted by atomic mass is 14.9. The predicted molar refractivity (Wildman–Crippen MR) is 77.5 cm³/mol. The molecule has 0 saturated heterocycles. The summed E-state index contributed by atoms with van der Waals surface area (Å²) in [7, 11) is 0. The summed E-state index contributed by atoms with van der Waals surface area (Å²) < 4.78 is 0. The first-order valence-corrected chi connectivity index (χ1v) is 6.75. The van der Waals surface area contributed by atoms with Gasteiger partial charge in [-0.2, -0.15) is 5.26 Å². The summed E-state index contributed by atoms with van der Waals surface area (Å²) in [6.07, 6.45) is 4.93. The van der Waals surface area contributed by atoms with E-state index < -0.39 is 0 Å². The van der Waals surface area contributed by atoms with Crippen molar-refractivity contribution >= 4 is 11.4 Å². The lowest BCUT2D eigenvalue weighted by Crippen LogP contribution is -2.06. The molecule has 0 bridgehead atoms. The van der Waals surface area contributed by atoms with E-state index in [0.717, 1.165) is 12.1 Å². The summed E-state index contributed by atoms with van der Waals surface area (Å²) in [5, 5.41) is 12.3. The smallest absolute Gasteiger partial charge is 0.0991 e. The Morgan fingerprint density at radius 3 is 2.53 bits per heavy atom. The molecule has 0 fully saturated rings. The molecule has 0 radical (unpaired) electrons. The Balaban J connectivity index is 1.88. The third-order valence-corrected chi connectivity index (χ3v) is 3.69. The van der Waals surface area contributed by atoms with Crippen LogP contribution in [0, 0.1) is 11.3 Å². The lowest BCUT2D eigenvalue weighted by Gasteiger charge is -2.20. The summed E-state index contributed by atoms with van der Waals surface area (Å²) in [5.41, 5.74) is 5.88. The number of hydrogen-bond donors (Lipinski definition) is 1. The molecule has 94 valence electrons. The average Bonchev–Trinajstić information content (AvgIpc) is 2.48. The van der Waals surface area contributed by atoms with Gasteiger partial charge < -0.3 is 5.32 Å². The largest absolute Gasteiger partial charge is 0.355 e. The first-order valence-electron chi connectivity index (χ1n) is 6.75. The van der Waals surface area contributed by atoms with Gasteiger partial charge in [-0.1, -0.05) is 12.1 Å². The fraction of sp³-hybridized carbons (Fsp3) is 0.235. The van der Waals surface area contributed by atoms with Crippen molar-refractivity contribution in [3.05, 3.63) is 59.2 Å². The van der Waals surface area contributed by atoms with Gasteiger partial charge in [-0.3, -0.25) is 0 Å². The summed E-state index contributed by atoms with van der Waals surface area (Å²) in [6, 6.07) is 16.2. The number of anilines is 2. The highest BCUT2D eigenvalue weighted by Gasteiger charge is 2.12.